The Balaban J connectivity index is 0.00000441. The SMILES string of the molecule is CC(=O)N[C@H]1[C@H]([C@H](O)[C@H](O)CO)OC(O)(C(=O)[O-])C[C@@H]1O.[Na+]. The Morgan fingerprint density at radius 2 is 2.00 bits per heavy atom. The second-order valence-electron chi connectivity index (χ2n) is 4.89. The first-order chi connectivity index (χ1) is 9.62. The summed E-state index contributed by atoms with van der Waals surface area (Å²) in [5.41, 5.74) is 0. The molecule has 1 rings (SSSR count). The summed E-state index contributed by atoms with van der Waals surface area (Å²) in [6.07, 6.45) is -7.67. The van der Waals surface area contributed by atoms with Gasteiger partial charge in [-0.1, -0.05) is 0 Å². The smallest absolute Gasteiger partial charge is 0.544 e. The average Bonchev–Trinajstić information content (AvgIpc) is 2.39. The van der Waals surface area contributed by atoms with E-state index < -0.39 is 61.1 Å². The van der Waals surface area contributed by atoms with E-state index in [4.69, 9.17) is 9.84 Å². The summed E-state index contributed by atoms with van der Waals surface area (Å²) in [5.74, 6) is -5.55. The number of aliphatic hydroxyl groups is 5. The molecule has 1 aliphatic rings. The minimum absolute atomic E-state index is 0. The van der Waals surface area contributed by atoms with E-state index in [1.165, 1.54) is 0 Å². The van der Waals surface area contributed by atoms with Gasteiger partial charge in [0.1, 0.15) is 24.3 Å². The molecule has 6 atom stereocenters. The maximum absolute atomic E-state index is 11.1. The molecule has 1 amide bonds. The molecule has 1 saturated heterocycles. The summed E-state index contributed by atoms with van der Waals surface area (Å²) >= 11 is 0. The van der Waals surface area contributed by atoms with Crippen LogP contribution in [0.25, 0.3) is 0 Å². The van der Waals surface area contributed by atoms with E-state index in [2.05, 4.69) is 5.32 Å². The first kappa shape index (κ1) is 21.7. The third-order valence-corrected chi connectivity index (χ3v) is 3.19. The fraction of sp³-hybridized carbons (Fsp3) is 0.818. The Labute approximate surface area is 148 Å². The molecule has 1 heterocycles. The van der Waals surface area contributed by atoms with Crippen LogP contribution in [0.3, 0.4) is 0 Å². The topological polar surface area (TPSA) is 180 Å². The number of carboxylic acid groups (broad SMARTS) is 1. The van der Waals surface area contributed by atoms with Gasteiger partial charge >= 0.3 is 29.6 Å². The first-order valence-electron chi connectivity index (χ1n) is 6.16. The maximum Gasteiger partial charge on any atom is 1.00 e. The molecule has 0 bridgehead atoms. The Hall–Kier alpha value is -0.300. The number of hydrogen-bond acceptors (Lipinski definition) is 9. The zero-order valence-electron chi connectivity index (χ0n) is 12.2. The van der Waals surface area contributed by atoms with Crippen LogP contribution in [0.2, 0.25) is 0 Å². The van der Waals surface area contributed by atoms with Gasteiger partial charge in [-0.3, -0.25) is 4.79 Å². The largest absolute Gasteiger partial charge is 1.00 e. The number of carbonyl (C=O) groups is 2. The maximum atomic E-state index is 11.1. The average molecular weight is 331 g/mol. The van der Waals surface area contributed by atoms with E-state index >= 15 is 0 Å². The number of aliphatic hydroxyl groups excluding tert-OH is 4. The Bertz CT molecular complexity index is 409. The van der Waals surface area contributed by atoms with E-state index in [0.717, 1.165) is 6.92 Å². The predicted molar refractivity (Wildman–Crippen MR) is 62.2 cm³/mol. The molecule has 0 saturated carbocycles. The summed E-state index contributed by atoms with van der Waals surface area (Å²) < 4.78 is 4.80. The van der Waals surface area contributed by atoms with Crippen molar-refractivity contribution in [1.82, 2.24) is 5.32 Å². The van der Waals surface area contributed by atoms with Crippen molar-refractivity contribution in [3.8, 4) is 0 Å². The van der Waals surface area contributed by atoms with Crippen LogP contribution < -0.4 is 40.0 Å². The molecule has 122 valence electrons. The van der Waals surface area contributed by atoms with Gasteiger partial charge in [0.15, 0.2) is 0 Å². The van der Waals surface area contributed by atoms with E-state index in [9.17, 15) is 35.1 Å². The Kier molecular flexibility index (Phi) is 8.41. The normalized spacial score (nSPS) is 34.2. The van der Waals surface area contributed by atoms with Gasteiger partial charge in [0.2, 0.25) is 11.7 Å². The number of carbonyl (C=O) groups excluding carboxylic acids is 2. The van der Waals surface area contributed by atoms with Gasteiger partial charge < -0.3 is 45.5 Å². The number of amides is 1. The minimum Gasteiger partial charge on any atom is -0.544 e. The Morgan fingerprint density at radius 3 is 2.41 bits per heavy atom. The van der Waals surface area contributed by atoms with Gasteiger partial charge in [-0.15, -0.1) is 0 Å². The number of aliphatic carboxylic acids is 1. The van der Waals surface area contributed by atoms with Crippen LogP contribution in [0.1, 0.15) is 13.3 Å². The quantitative estimate of drug-likeness (QED) is 0.267. The van der Waals surface area contributed by atoms with E-state index in [0.29, 0.717) is 0 Å². The fourth-order valence-corrected chi connectivity index (χ4v) is 2.13. The second kappa shape index (κ2) is 8.52. The summed E-state index contributed by atoms with van der Waals surface area (Å²) in [4.78, 5) is 22.0. The van der Waals surface area contributed by atoms with Gasteiger partial charge in [-0.05, 0) is 0 Å². The van der Waals surface area contributed by atoms with Crippen molar-refractivity contribution in [2.24, 2.45) is 0 Å². The minimum atomic E-state index is -2.89. The van der Waals surface area contributed by atoms with E-state index in [-0.39, 0.29) is 29.6 Å². The van der Waals surface area contributed by atoms with E-state index in [1.54, 1.807) is 0 Å². The number of ether oxygens (including phenoxy) is 1. The molecule has 1 fully saturated rings. The van der Waals surface area contributed by atoms with Gasteiger partial charge in [0.25, 0.3) is 0 Å². The van der Waals surface area contributed by atoms with Crippen LogP contribution in [-0.4, -0.2) is 80.3 Å². The van der Waals surface area contributed by atoms with Crippen LogP contribution in [0, 0.1) is 0 Å². The van der Waals surface area contributed by atoms with Crippen molar-refractivity contribution in [3.63, 3.8) is 0 Å². The van der Waals surface area contributed by atoms with Gasteiger partial charge in [0.05, 0.1) is 18.8 Å². The number of carboxylic acids is 1. The van der Waals surface area contributed by atoms with Crippen molar-refractivity contribution in [3.05, 3.63) is 0 Å². The standard InChI is InChI=1S/C11H19NO9.Na/c1-4(14)12-7-5(15)2-11(20,10(18)19)21-9(7)8(17)6(16)3-13;/h5-9,13,15-17,20H,2-3H2,1H3,(H,12,14)(H,18,19);/q;+1/p-1/t5-,6+,7+,8+,9+,11?;/m0./s1. The van der Waals surface area contributed by atoms with Crippen molar-refractivity contribution >= 4 is 11.9 Å². The molecule has 10 nitrogen and oxygen atoms in total. The van der Waals surface area contributed by atoms with Crippen molar-refractivity contribution in [2.75, 3.05) is 6.61 Å². The molecule has 0 aliphatic carbocycles. The molecular formula is C11H18NNaO9. The molecule has 11 heteroatoms. The molecule has 22 heavy (non-hydrogen) atoms. The van der Waals surface area contributed by atoms with Crippen LogP contribution in [0.5, 0.6) is 0 Å². The van der Waals surface area contributed by atoms with Crippen molar-refractivity contribution in [1.29, 1.82) is 0 Å². The van der Waals surface area contributed by atoms with Crippen molar-refractivity contribution in [2.45, 2.75) is 49.6 Å². The summed E-state index contributed by atoms with van der Waals surface area (Å²) in [7, 11) is 0. The Morgan fingerprint density at radius 1 is 1.45 bits per heavy atom. The monoisotopic (exact) mass is 331 g/mol. The third kappa shape index (κ3) is 4.85. The molecule has 0 aromatic rings. The van der Waals surface area contributed by atoms with E-state index in [1.807, 2.05) is 0 Å². The molecule has 0 radical (unpaired) electrons. The first-order valence-corrected chi connectivity index (χ1v) is 6.16. The predicted octanol–water partition coefficient (Wildman–Crippen LogP) is -8.20. The van der Waals surface area contributed by atoms with Gasteiger partial charge in [0, 0.05) is 13.3 Å². The fourth-order valence-electron chi connectivity index (χ4n) is 2.13. The van der Waals surface area contributed by atoms with Gasteiger partial charge in [-0.2, -0.15) is 0 Å². The molecular weight excluding hydrogens is 313 g/mol. The second-order valence-corrected chi connectivity index (χ2v) is 4.89. The molecule has 0 aromatic heterocycles. The zero-order chi connectivity index (χ0) is 16.4. The van der Waals surface area contributed by atoms with Gasteiger partial charge in [-0.25, -0.2) is 0 Å². The van der Waals surface area contributed by atoms with Crippen LogP contribution in [0.15, 0.2) is 0 Å². The molecule has 1 unspecified atom stereocenters. The summed E-state index contributed by atoms with van der Waals surface area (Å²) in [5, 5.41) is 60.8. The molecule has 0 spiro atoms. The summed E-state index contributed by atoms with van der Waals surface area (Å²) in [6.45, 7) is 0.228. The number of rotatable bonds is 5. The van der Waals surface area contributed by atoms with Crippen LogP contribution >= 0.6 is 0 Å². The van der Waals surface area contributed by atoms with Crippen molar-refractivity contribution < 1.29 is 74.5 Å². The van der Waals surface area contributed by atoms with Crippen LogP contribution in [-0.2, 0) is 14.3 Å². The number of nitrogens with one attached hydrogen (secondary N) is 1. The summed E-state index contributed by atoms with van der Waals surface area (Å²) in [6, 6.07) is -1.29. The molecule has 1 aliphatic heterocycles. The third-order valence-electron chi connectivity index (χ3n) is 3.19. The molecule has 0 aromatic carbocycles. The van der Waals surface area contributed by atoms with Crippen LogP contribution in [0.4, 0.5) is 0 Å². The molecule has 6 N–H and O–H groups in total. The number of hydrogen-bond donors (Lipinski definition) is 6. The zero-order valence-corrected chi connectivity index (χ0v) is 14.2.